The SMILES string of the molecule is CCOc1nc(NC(=O)NS(=O)(=O)c2ccc(Cl)c(Cl)c2)nc(-c2ccccc2)n1. The van der Waals surface area contributed by atoms with Crippen LogP contribution < -0.4 is 14.8 Å². The molecule has 3 rings (SSSR count). The smallest absolute Gasteiger partial charge is 0.335 e. The standard InChI is InChI=1S/C18H15Cl2N5O4S/c1-2-29-18-22-15(11-6-4-3-5-7-11)21-16(24-18)23-17(26)25-30(27,28)12-8-9-13(19)14(20)10-12/h3-10H,2H2,1H3,(H2,21,22,23,24,25,26). The van der Waals surface area contributed by atoms with Crippen molar-refractivity contribution in [2.75, 3.05) is 11.9 Å². The van der Waals surface area contributed by atoms with Gasteiger partial charge in [0.25, 0.3) is 10.0 Å². The number of urea groups is 1. The molecular formula is C18H15Cl2N5O4S. The molecule has 9 nitrogen and oxygen atoms in total. The highest BCUT2D eigenvalue weighted by molar-refractivity contribution is 7.90. The lowest BCUT2D eigenvalue weighted by atomic mass is 10.2. The molecule has 0 atom stereocenters. The summed E-state index contributed by atoms with van der Waals surface area (Å²) in [6.45, 7) is 2.03. The summed E-state index contributed by atoms with van der Waals surface area (Å²) >= 11 is 11.6. The second-order valence-corrected chi connectivity index (χ2v) is 8.20. The van der Waals surface area contributed by atoms with Crippen LogP contribution in [0.5, 0.6) is 6.01 Å². The van der Waals surface area contributed by atoms with Crippen molar-refractivity contribution in [3.05, 3.63) is 58.6 Å². The van der Waals surface area contributed by atoms with Crippen molar-refractivity contribution in [1.82, 2.24) is 19.7 Å². The van der Waals surface area contributed by atoms with Crippen LogP contribution in [0, 0.1) is 0 Å². The third-order valence-corrected chi connectivity index (χ3v) is 5.64. The molecule has 2 amide bonds. The number of rotatable bonds is 6. The Morgan fingerprint density at radius 2 is 1.77 bits per heavy atom. The molecule has 0 bridgehead atoms. The van der Waals surface area contributed by atoms with Gasteiger partial charge in [-0.2, -0.15) is 15.0 Å². The van der Waals surface area contributed by atoms with Gasteiger partial charge in [-0.1, -0.05) is 53.5 Å². The van der Waals surface area contributed by atoms with E-state index in [1.54, 1.807) is 31.2 Å². The van der Waals surface area contributed by atoms with Crippen molar-refractivity contribution >= 4 is 45.2 Å². The number of aromatic nitrogens is 3. The Morgan fingerprint density at radius 1 is 1.03 bits per heavy atom. The molecule has 0 saturated carbocycles. The van der Waals surface area contributed by atoms with Crippen LogP contribution in [0.25, 0.3) is 11.4 Å². The molecular weight excluding hydrogens is 453 g/mol. The van der Waals surface area contributed by atoms with Crippen LogP contribution in [0.4, 0.5) is 10.7 Å². The number of amides is 2. The summed E-state index contributed by atoms with van der Waals surface area (Å²) in [6.07, 6.45) is 0. The molecule has 12 heteroatoms. The molecule has 1 heterocycles. The van der Waals surface area contributed by atoms with Crippen LogP contribution in [0.2, 0.25) is 10.0 Å². The molecule has 0 spiro atoms. The summed E-state index contributed by atoms with van der Waals surface area (Å²) in [5.74, 6) is 0.0610. The normalized spacial score (nSPS) is 11.0. The van der Waals surface area contributed by atoms with Crippen molar-refractivity contribution in [2.24, 2.45) is 0 Å². The number of sulfonamides is 1. The largest absolute Gasteiger partial charge is 0.464 e. The van der Waals surface area contributed by atoms with Gasteiger partial charge in [0.15, 0.2) is 5.82 Å². The Kier molecular flexibility index (Phi) is 6.70. The van der Waals surface area contributed by atoms with Crippen molar-refractivity contribution in [3.8, 4) is 17.4 Å². The average molecular weight is 468 g/mol. The fraction of sp³-hybridized carbons (Fsp3) is 0.111. The maximum Gasteiger partial charge on any atom is 0.335 e. The zero-order valence-electron chi connectivity index (χ0n) is 15.5. The summed E-state index contributed by atoms with van der Waals surface area (Å²) in [6, 6.07) is 11.5. The third-order valence-electron chi connectivity index (χ3n) is 3.57. The lowest BCUT2D eigenvalue weighted by molar-refractivity contribution is 0.256. The molecule has 30 heavy (non-hydrogen) atoms. The molecule has 0 radical (unpaired) electrons. The van der Waals surface area contributed by atoms with Crippen molar-refractivity contribution in [2.45, 2.75) is 11.8 Å². The average Bonchev–Trinajstić information content (AvgIpc) is 2.70. The quantitative estimate of drug-likeness (QED) is 0.565. The summed E-state index contributed by atoms with van der Waals surface area (Å²) in [5.41, 5.74) is 0.660. The number of hydrogen-bond acceptors (Lipinski definition) is 7. The molecule has 0 aliphatic heterocycles. The first-order valence-electron chi connectivity index (χ1n) is 8.51. The van der Waals surface area contributed by atoms with E-state index in [0.717, 1.165) is 6.07 Å². The molecule has 156 valence electrons. The second kappa shape index (κ2) is 9.24. The van der Waals surface area contributed by atoms with E-state index in [-0.39, 0.29) is 39.3 Å². The van der Waals surface area contributed by atoms with Gasteiger partial charge in [-0.3, -0.25) is 5.32 Å². The minimum absolute atomic E-state index is 0.0195. The van der Waals surface area contributed by atoms with E-state index in [9.17, 15) is 13.2 Å². The monoisotopic (exact) mass is 467 g/mol. The number of benzene rings is 2. The van der Waals surface area contributed by atoms with Gasteiger partial charge < -0.3 is 4.74 Å². The second-order valence-electron chi connectivity index (χ2n) is 5.70. The van der Waals surface area contributed by atoms with E-state index in [2.05, 4.69) is 20.3 Å². The van der Waals surface area contributed by atoms with Gasteiger partial charge in [-0.15, -0.1) is 0 Å². The van der Waals surface area contributed by atoms with Crippen LogP contribution in [0.15, 0.2) is 53.4 Å². The number of nitrogens with one attached hydrogen (secondary N) is 2. The maximum atomic E-state index is 12.4. The van der Waals surface area contributed by atoms with Gasteiger partial charge >= 0.3 is 12.0 Å². The topological polar surface area (TPSA) is 123 Å². The zero-order valence-corrected chi connectivity index (χ0v) is 17.8. The first-order valence-corrected chi connectivity index (χ1v) is 10.8. The fourth-order valence-corrected chi connectivity index (χ4v) is 3.57. The lowest BCUT2D eigenvalue weighted by Crippen LogP contribution is -2.35. The number of carbonyl (C=O) groups excluding carboxylic acids is 1. The number of carbonyl (C=O) groups is 1. The molecule has 0 aliphatic carbocycles. The number of anilines is 1. The minimum atomic E-state index is -4.21. The summed E-state index contributed by atoms with van der Waals surface area (Å²) in [5, 5.41) is 2.49. The van der Waals surface area contributed by atoms with Gasteiger partial charge in [0.2, 0.25) is 5.95 Å². The zero-order chi connectivity index (χ0) is 21.7. The highest BCUT2D eigenvalue weighted by Gasteiger charge is 2.20. The fourth-order valence-electron chi connectivity index (χ4n) is 2.27. The van der Waals surface area contributed by atoms with E-state index < -0.39 is 16.1 Å². The Hall–Kier alpha value is -2.95. The van der Waals surface area contributed by atoms with Crippen LogP contribution in [-0.4, -0.2) is 36.0 Å². The van der Waals surface area contributed by atoms with Gasteiger partial charge in [-0.25, -0.2) is 17.9 Å². The van der Waals surface area contributed by atoms with Crippen LogP contribution >= 0.6 is 23.2 Å². The van der Waals surface area contributed by atoms with E-state index >= 15 is 0 Å². The number of nitrogens with zero attached hydrogens (tertiary/aromatic N) is 3. The summed E-state index contributed by atoms with van der Waals surface area (Å²) in [7, 11) is -4.21. The highest BCUT2D eigenvalue weighted by Crippen LogP contribution is 2.25. The maximum absolute atomic E-state index is 12.4. The number of halogens is 2. The van der Waals surface area contributed by atoms with Crippen molar-refractivity contribution < 1.29 is 17.9 Å². The highest BCUT2D eigenvalue weighted by atomic mass is 35.5. The molecule has 1 aromatic heterocycles. The first-order chi connectivity index (χ1) is 14.3. The third kappa shape index (κ3) is 5.35. The van der Waals surface area contributed by atoms with Gasteiger partial charge in [-0.05, 0) is 25.1 Å². The minimum Gasteiger partial charge on any atom is -0.464 e. The predicted molar refractivity (Wildman–Crippen MR) is 112 cm³/mol. The van der Waals surface area contributed by atoms with Gasteiger partial charge in [0.1, 0.15) is 0 Å². The molecule has 0 saturated heterocycles. The first kappa shape index (κ1) is 21.8. The van der Waals surface area contributed by atoms with E-state index in [4.69, 9.17) is 27.9 Å². The van der Waals surface area contributed by atoms with Crippen molar-refractivity contribution in [3.63, 3.8) is 0 Å². The van der Waals surface area contributed by atoms with Crippen LogP contribution in [0.3, 0.4) is 0 Å². The number of hydrogen-bond donors (Lipinski definition) is 2. The Labute approximate surface area is 182 Å². The number of ether oxygens (including phenoxy) is 1. The van der Waals surface area contributed by atoms with E-state index in [1.807, 2.05) is 10.8 Å². The molecule has 2 aromatic carbocycles. The Morgan fingerprint density at radius 3 is 2.43 bits per heavy atom. The van der Waals surface area contributed by atoms with Crippen LogP contribution in [-0.2, 0) is 10.0 Å². The van der Waals surface area contributed by atoms with E-state index in [1.165, 1.54) is 12.1 Å². The summed E-state index contributed by atoms with van der Waals surface area (Å²) < 4.78 is 32.0. The van der Waals surface area contributed by atoms with Gasteiger partial charge in [0.05, 0.1) is 21.5 Å². The Bertz CT molecular complexity index is 1180. The van der Waals surface area contributed by atoms with E-state index in [0.29, 0.717) is 5.56 Å². The Balaban J connectivity index is 1.83. The predicted octanol–water partition coefficient (Wildman–Crippen LogP) is 3.75. The molecule has 2 N–H and O–H groups in total. The van der Waals surface area contributed by atoms with Crippen molar-refractivity contribution in [1.29, 1.82) is 0 Å². The van der Waals surface area contributed by atoms with Crippen LogP contribution in [0.1, 0.15) is 6.92 Å². The van der Waals surface area contributed by atoms with Gasteiger partial charge in [0, 0.05) is 5.56 Å². The molecule has 0 unspecified atom stereocenters. The molecule has 0 fully saturated rings. The lowest BCUT2D eigenvalue weighted by Gasteiger charge is -2.10. The molecule has 3 aromatic rings. The summed E-state index contributed by atoms with van der Waals surface area (Å²) in [4.78, 5) is 24.3. The molecule has 0 aliphatic rings.